The van der Waals surface area contributed by atoms with Crippen LogP contribution in [0.15, 0.2) is 89.8 Å². The zero-order valence-corrected chi connectivity index (χ0v) is 16.4. The molecule has 3 rings (SSSR count). The third-order valence-corrected chi connectivity index (χ3v) is 5.22. The molecular formula is C23H22N2O2S. The van der Waals surface area contributed by atoms with Gasteiger partial charge in [0, 0.05) is 4.90 Å². The molecule has 0 aliphatic rings. The predicted octanol–water partition coefficient (Wildman–Crippen LogP) is 4.91. The zero-order chi connectivity index (χ0) is 19.8. The van der Waals surface area contributed by atoms with Gasteiger partial charge in [0.2, 0.25) is 5.91 Å². The first kappa shape index (κ1) is 19.7. The number of nitrogens with one attached hydrogen (secondary N) is 2. The zero-order valence-electron chi connectivity index (χ0n) is 15.6. The smallest absolute Gasteiger partial charge is 0.253 e. The highest BCUT2D eigenvalue weighted by molar-refractivity contribution is 8.00. The van der Waals surface area contributed by atoms with Crippen LogP contribution in [0.25, 0.3) is 0 Å². The Morgan fingerprint density at radius 2 is 1.46 bits per heavy atom. The molecule has 2 amide bonds. The highest BCUT2D eigenvalue weighted by Gasteiger charge is 2.16. The molecule has 28 heavy (non-hydrogen) atoms. The summed E-state index contributed by atoms with van der Waals surface area (Å²) in [5.41, 5.74) is 1.99. The van der Waals surface area contributed by atoms with Crippen LogP contribution in [0.5, 0.6) is 0 Å². The summed E-state index contributed by atoms with van der Waals surface area (Å²) in [7, 11) is 0. The number of carbonyl (C=O) groups is 2. The minimum Gasteiger partial charge on any atom is -0.345 e. The third kappa shape index (κ3) is 5.47. The molecule has 1 unspecified atom stereocenters. The lowest BCUT2D eigenvalue weighted by atomic mass is 10.1. The van der Waals surface area contributed by atoms with Gasteiger partial charge in [0.15, 0.2) is 0 Å². The Hall–Kier alpha value is -3.05. The van der Waals surface area contributed by atoms with E-state index in [2.05, 4.69) is 10.6 Å². The molecule has 0 bridgehead atoms. The number of hydrogen-bond acceptors (Lipinski definition) is 3. The maximum Gasteiger partial charge on any atom is 0.253 e. The summed E-state index contributed by atoms with van der Waals surface area (Å²) in [4.78, 5) is 26.1. The van der Waals surface area contributed by atoms with Gasteiger partial charge >= 0.3 is 0 Å². The minimum absolute atomic E-state index is 0.133. The fourth-order valence-corrected chi connectivity index (χ4v) is 3.46. The van der Waals surface area contributed by atoms with Gasteiger partial charge in [0.1, 0.15) is 0 Å². The third-order valence-electron chi connectivity index (χ3n) is 4.21. The van der Waals surface area contributed by atoms with Crippen LogP contribution in [0.3, 0.4) is 0 Å². The van der Waals surface area contributed by atoms with Gasteiger partial charge in [-0.2, -0.15) is 0 Å². The van der Waals surface area contributed by atoms with E-state index in [0.29, 0.717) is 11.3 Å². The van der Waals surface area contributed by atoms with Crippen molar-refractivity contribution >= 4 is 29.3 Å². The molecule has 0 radical (unpaired) electrons. The van der Waals surface area contributed by atoms with E-state index >= 15 is 0 Å². The second-order valence-electron chi connectivity index (χ2n) is 6.30. The highest BCUT2D eigenvalue weighted by atomic mass is 32.2. The lowest BCUT2D eigenvalue weighted by Crippen LogP contribution is -2.28. The van der Waals surface area contributed by atoms with Crippen LogP contribution in [0.4, 0.5) is 5.69 Å². The molecule has 0 aromatic heterocycles. The molecule has 0 aliphatic heterocycles. The molecule has 4 nitrogen and oxygen atoms in total. The van der Waals surface area contributed by atoms with E-state index < -0.39 is 0 Å². The van der Waals surface area contributed by atoms with Crippen molar-refractivity contribution in [3.8, 4) is 0 Å². The Morgan fingerprint density at radius 1 is 0.857 bits per heavy atom. The normalized spacial score (nSPS) is 11.5. The molecule has 0 aliphatic carbocycles. The monoisotopic (exact) mass is 390 g/mol. The average molecular weight is 391 g/mol. The Labute approximate surface area is 169 Å². The largest absolute Gasteiger partial charge is 0.345 e. The van der Waals surface area contributed by atoms with Crippen molar-refractivity contribution in [1.29, 1.82) is 0 Å². The number of carbonyl (C=O) groups excluding carboxylic acids is 2. The quantitative estimate of drug-likeness (QED) is 0.564. The Kier molecular flexibility index (Phi) is 6.87. The topological polar surface area (TPSA) is 58.2 Å². The first-order chi connectivity index (χ1) is 13.6. The molecule has 0 heterocycles. The van der Waals surface area contributed by atoms with Gasteiger partial charge in [0.25, 0.3) is 5.91 Å². The van der Waals surface area contributed by atoms with Gasteiger partial charge in [-0.25, -0.2) is 0 Å². The summed E-state index contributed by atoms with van der Waals surface area (Å²) < 4.78 is 0. The second kappa shape index (κ2) is 9.76. The van der Waals surface area contributed by atoms with E-state index in [1.54, 1.807) is 24.3 Å². The molecule has 2 N–H and O–H groups in total. The number of para-hydroxylation sites is 1. The molecular weight excluding hydrogens is 368 g/mol. The van der Waals surface area contributed by atoms with E-state index in [1.807, 2.05) is 67.6 Å². The van der Waals surface area contributed by atoms with Crippen LogP contribution in [-0.2, 0) is 4.79 Å². The van der Waals surface area contributed by atoms with Gasteiger partial charge in [-0.15, -0.1) is 11.8 Å². The maximum atomic E-state index is 12.7. The van der Waals surface area contributed by atoms with Gasteiger partial charge in [-0.3, -0.25) is 9.59 Å². The van der Waals surface area contributed by atoms with Crippen molar-refractivity contribution in [3.05, 3.63) is 96.1 Å². The molecule has 5 heteroatoms. The summed E-state index contributed by atoms with van der Waals surface area (Å²) >= 11 is 1.46. The van der Waals surface area contributed by atoms with Crippen LogP contribution in [-0.4, -0.2) is 17.6 Å². The van der Waals surface area contributed by atoms with Gasteiger partial charge < -0.3 is 10.6 Å². The van der Waals surface area contributed by atoms with Crippen molar-refractivity contribution in [3.63, 3.8) is 0 Å². The van der Waals surface area contributed by atoms with E-state index in [9.17, 15) is 9.59 Å². The highest BCUT2D eigenvalue weighted by Crippen LogP contribution is 2.20. The van der Waals surface area contributed by atoms with Crippen molar-refractivity contribution in [1.82, 2.24) is 5.32 Å². The van der Waals surface area contributed by atoms with Crippen LogP contribution in [0, 0.1) is 0 Å². The number of benzene rings is 3. The predicted molar refractivity (Wildman–Crippen MR) is 115 cm³/mol. The van der Waals surface area contributed by atoms with Gasteiger partial charge in [-0.1, -0.05) is 60.7 Å². The number of hydrogen-bond donors (Lipinski definition) is 2. The number of thioether (sulfide) groups is 1. The minimum atomic E-state index is -0.219. The van der Waals surface area contributed by atoms with E-state index in [0.717, 1.165) is 10.5 Å². The van der Waals surface area contributed by atoms with Gasteiger partial charge in [0.05, 0.1) is 23.0 Å². The Morgan fingerprint density at radius 3 is 2.18 bits per heavy atom. The molecule has 142 valence electrons. The van der Waals surface area contributed by atoms with Crippen molar-refractivity contribution in [2.75, 3.05) is 11.1 Å². The molecule has 0 saturated carbocycles. The number of rotatable bonds is 7. The Bertz CT molecular complexity index is 930. The van der Waals surface area contributed by atoms with Crippen molar-refractivity contribution in [2.24, 2.45) is 0 Å². The average Bonchev–Trinajstić information content (AvgIpc) is 2.74. The summed E-state index contributed by atoms with van der Waals surface area (Å²) in [6, 6.07) is 26.4. The number of anilines is 1. The van der Waals surface area contributed by atoms with Crippen LogP contribution < -0.4 is 10.6 Å². The van der Waals surface area contributed by atoms with Crippen molar-refractivity contribution in [2.45, 2.75) is 17.9 Å². The lowest BCUT2D eigenvalue weighted by Gasteiger charge is -2.16. The molecule has 0 saturated heterocycles. The molecule has 1 atom stereocenters. The number of amides is 2. The molecule has 3 aromatic rings. The summed E-state index contributed by atoms with van der Waals surface area (Å²) in [6.07, 6.45) is 0. The first-order valence-electron chi connectivity index (χ1n) is 9.06. The summed E-state index contributed by atoms with van der Waals surface area (Å²) in [5.74, 6) is -0.0893. The molecule has 0 spiro atoms. The lowest BCUT2D eigenvalue weighted by molar-refractivity contribution is -0.113. The SMILES string of the molecule is CC(NC(=O)c1ccccc1NC(=O)CSc1ccccc1)c1ccccc1. The second-order valence-corrected chi connectivity index (χ2v) is 7.35. The van der Waals surface area contributed by atoms with Crippen LogP contribution in [0.1, 0.15) is 28.9 Å². The fraction of sp³-hybridized carbons (Fsp3) is 0.130. The summed E-state index contributed by atoms with van der Waals surface area (Å²) in [6.45, 7) is 1.94. The van der Waals surface area contributed by atoms with E-state index in [4.69, 9.17) is 0 Å². The standard InChI is InChI=1S/C23H22N2O2S/c1-17(18-10-4-2-5-11-18)24-23(27)20-14-8-9-15-21(20)25-22(26)16-28-19-12-6-3-7-13-19/h2-15,17H,16H2,1H3,(H,24,27)(H,25,26). The fourth-order valence-electron chi connectivity index (χ4n) is 2.74. The van der Waals surface area contributed by atoms with Crippen molar-refractivity contribution < 1.29 is 9.59 Å². The van der Waals surface area contributed by atoms with E-state index in [1.165, 1.54) is 11.8 Å². The first-order valence-corrected chi connectivity index (χ1v) is 10.0. The van der Waals surface area contributed by atoms with E-state index in [-0.39, 0.29) is 23.6 Å². The summed E-state index contributed by atoms with van der Waals surface area (Å²) in [5, 5.41) is 5.84. The maximum absolute atomic E-state index is 12.7. The van der Waals surface area contributed by atoms with Crippen LogP contribution >= 0.6 is 11.8 Å². The molecule has 3 aromatic carbocycles. The van der Waals surface area contributed by atoms with Gasteiger partial charge in [-0.05, 0) is 36.8 Å². The van der Waals surface area contributed by atoms with Crippen LogP contribution in [0.2, 0.25) is 0 Å². The molecule has 0 fully saturated rings. The Balaban J connectivity index is 1.63.